The van der Waals surface area contributed by atoms with E-state index in [9.17, 15) is 9.59 Å². The minimum atomic E-state index is -0.263. The average Bonchev–Trinajstić information content (AvgIpc) is 3.15. The van der Waals surface area contributed by atoms with Crippen molar-refractivity contribution in [1.29, 1.82) is 0 Å². The molecule has 33 heavy (non-hydrogen) atoms. The van der Waals surface area contributed by atoms with E-state index in [-0.39, 0.29) is 36.9 Å². The van der Waals surface area contributed by atoms with Crippen molar-refractivity contribution >= 4 is 11.7 Å². The fourth-order valence-corrected chi connectivity index (χ4v) is 5.58. The maximum Gasteiger partial charge on any atom is 0.254 e. The summed E-state index contributed by atoms with van der Waals surface area (Å²) in [5.74, 6) is 2.55. The van der Waals surface area contributed by atoms with Gasteiger partial charge in [0.1, 0.15) is 24.2 Å². The third kappa shape index (κ3) is 4.00. The number of hydrogen-bond donors (Lipinski definition) is 3. The number of Topliss-reactive ketones (excluding diaryl/α,β-unsaturated/α-hetero) is 1. The first-order chi connectivity index (χ1) is 16.0. The van der Waals surface area contributed by atoms with Crippen LogP contribution in [0.1, 0.15) is 51.1 Å². The molecule has 2 aliphatic heterocycles. The number of benzene rings is 2. The third-order valence-corrected chi connectivity index (χ3v) is 7.29. The molecule has 174 valence electrons. The number of carbonyl (C=O) groups excluding carboxylic acids is 2. The summed E-state index contributed by atoms with van der Waals surface area (Å²) in [7, 11) is 1.58. The predicted molar refractivity (Wildman–Crippen MR) is 123 cm³/mol. The summed E-state index contributed by atoms with van der Waals surface area (Å²) < 4.78 is 11.8. The van der Waals surface area contributed by atoms with Gasteiger partial charge in [-0.3, -0.25) is 9.59 Å². The van der Waals surface area contributed by atoms with Crippen LogP contribution in [0, 0.1) is 17.8 Å². The lowest BCUT2D eigenvalue weighted by Gasteiger charge is -2.17. The van der Waals surface area contributed by atoms with Gasteiger partial charge in [0.25, 0.3) is 5.91 Å². The Balaban J connectivity index is 1.50. The Morgan fingerprint density at radius 1 is 1.21 bits per heavy atom. The first-order valence-electron chi connectivity index (χ1n) is 11.7. The summed E-state index contributed by atoms with van der Waals surface area (Å²) in [6.45, 7) is 4.13. The van der Waals surface area contributed by atoms with Crippen molar-refractivity contribution in [2.45, 2.75) is 25.4 Å². The van der Waals surface area contributed by atoms with E-state index in [1.165, 1.54) is 0 Å². The molecule has 2 aromatic rings. The van der Waals surface area contributed by atoms with E-state index in [1.54, 1.807) is 13.1 Å². The molecule has 3 N–H and O–H groups in total. The molecule has 1 amide bonds. The molecule has 0 bridgehead atoms. The van der Waals surface area contributed by atoms with E-state index >= 15 is 0 Å². The van der Waals surface area contributed by atoms with Gasteiger partial charge in [0.05, 0.1) is 12.2 Å². The lowest BCUT2D eigenvalue weighted by Crippen LogP contribution is -2.20. The van der Waals surface area contributed by atoms with Crippen LogP contribution in [0.5, 0.6) is 11.5 Å². The van der Waals surface area contributed by atoms with Gasteiger partial charge in [-0.15, -0.1) is 0 Å². The van der Waals surface area contributed by atoms with Crippen LogP contribution in [-0.4, -0.2) is 56.3 Å². The first-order valence-corrected chi connectivity index (χ1v) is 11.7. The Morgan fingerprint density at radius 2 is 2.00 bits per heavy atom. The number of aliphatic hydroxyl groups is 1. The third-order valence-electron chi connectivity index (χ3n) is 7.29. The normalized spacial score (nSPS) is 26.8. The number of ether oxygens (including phenoxy) is 2. The van der Waals surface area contributed by atoms with Crippen molar-refractivity contribution in [3.8, 4) is 11.5 Å². The van der Waals surface area contributed by atoms with Crippen LogP contribution in [0.4, 0.5) is 0 Å². The summed E-state index contributed by atoms with van der Waals surface area (Å²) in [5.41, 5.74) is 2.80. The van der Waals surface area contributed by atoms with E-state index in [1.807, 2.05) is 37.3 Å². The molecule has 5 atom stereocenters. The highest BCUT2D eigenvalue weighted by Crippen LogP contribution is 2.51. The number of piperidine rings is 1. The van der Waals surface area contributed by atoms with Crippen LogP contribution in [-0.2, 0) is 0 Å². The lowest BCUT2D eigenvalue weighted by atomic mass is 9.86. The molecule has 1 saturated carbocycles. The smallest absolute Gasteiger partial charge is 0.254 e. The molecule has 3 aliphatic rings. The van der Waals surface area contributed by atoms with Gasteiger partial charge >= 0.3 is 0 Å². The molecule has 0 radical (unpaired) electrons. The summed E-state index contributed by atoms with van der Waals surface area (Å²) in [5, 5.41) is 15.1. The fourth-order valence-electron chi connectivity index (χ4n) is 5.58. The van der Waals surface area contributed by atoms with Crippen molar-refractivity contribution in [1.82, 2.24) is 10.6 Å². The molecule has 2 heterocycles. The number of rotatable bonds is 8. The Labute approximate surface area is 193 Å². The fraction of sp³-hybridized carbons (Fsp3) is 0.462. The molecule has 2 fully saturated rings. The van der Waals surface area contributed by atoms with Gasteiger partial charge in [-0.2, -0.15) is 0 Å². The molecule has 7 heteroatoms. The van der Waals surface area contributed by atoms with Crippen molar-refractivity contribution in [3.63, 3.8) is 0 Å². The van der Waals surface area contributed by atoms with Gasteiger partial charge in [0.2, 0.25) is 0 Å². The van der Waals surface area contributed by atoms with E-state index in [4.69, 9.17) is 14.6 Å². The van der Waals surface area contributed by atoms with Gasteiger partial charge < -0.3 is 25.2 Å². The topological polar surface area (TPSA) is 96.9 Å². The van der Waals surface area contributed by atoms with Gasteiger partial charge in [-0.1, -0.05) is 12.1 Å². The van der Waals surface area contributed by atoms with E-state index in [0.717, 1.165) is 24.2 Å². The van der Waals surface area contributed by atoms with E-state index < -0.39 is 0 Å². The summed E-state index contributed by atoms with van der Waals surface area (Å²) in [6.07, 6.45) is 0.310. The largest absolute Gasteiger partial charge is 0.491 e. The van der Waals surface area contributed by atoms with Gasteiger partial charge in [0, 0.05) is 30.5 Å². The number of nitrogens with one attached hydrogen (secondary N) is 2. The molecule has 0 aromatic heterocycles. The van der Waals surface area contributed by atoms with Crippen molar-refractivity contribution in [3.05, 3.63) is 58.7 Å². The van der Waals surface area contributed by atoms with Crippen LogP contribution in [0.3, 0.4) is 0 Å². The molecule has 0 spiro atoms. The Hall–Kier alpha value is -2.90. The zero-order valence-electron chi connectivity index (χ0n) is 19.0. The molecule has 2 aromatic carbocycles. The number of carbonyl (C=O) groups is 2. The van der Waals surface area contributed by atoms with Gasteiger partial charge in [-0.05, 0) is 67.6 Å². The minimum absolute atomic E-state index is 0.0598. The summed E-state index contributed by atoms with van der Waals surface area (Å²) in [4.78, 5) is 26.0. The first kappa shape index (κ1) is 21.9. The zero-order chi connectivity index (χ0) is 23.1. The molecule has 1 unspecified atom stereocenters. The second-order valence-corrected chi connectivity index (χ2v) is 9.24. The minimum Gasteiger partial charge on any atom is -0.491 e. The zero-order valence-corrected chi connectivity index (χ0v) is 19.0. The molecule has 7 nitrogen and oxygen atoms in total. The van der Waals surface area contributed by atoms with E-state index in [2.05, 4.69) is 10.6 Å². The second-order valence-electron chi connectivity index (χ2n) is 9.24. The standard InChI is InChI=1S/C26H30N2O5/c1-14-24(15-4-3-5-17(8-15)32-7-6-29)19-9-16(10-20(25(19)33-14)26(31)27-2)23(30)11-18-21-12-28-13-22(18)21/h3-5,8-10,14,18,21-22,24,28-29H,6-7,11-13H2,1-2H3,(H,27,31)/t14-,18?,21-,22+,24+/m1/s1. The van der Waals surface area contributed by atoms with E-state index in [0.29, 0.717) is 46.8 Å². The summed E-state index contributed by atoms with van der Waals surface area (Å²) in [6, 6.07) is 11.3. The molecule has 1 aliphatic carbocycles. The van der Waals surface area contributed by atoms with Gasteiger partial charge in [-0.25, -0.2) is 0 Å². The maximum absolute atomic E-state index is 13.2. The van der Waals surface area contributed by atoms with Crippen LogP contribution in [0.15, 0.2) is 36.4 Å². The number of fused-ring (bicyclic) bond motifs is 2. The van der Waals surface area contributed by atoms with Crippen molar-refractivity contribution < 1.29 is 24.2 Å². The molecular formula is C26H30N2O5. The number of ketones is 1. The van der Waals surface area contributed by atoms with Gasteiger partial charge in [0.15, 0.2) is 5.78 Å². The van der Waals surface area contributed by atoms with Crippen LogP contribution < -0.4 is 20.1 Å². The highest BCUT2D eigenvalue weighted by atomic mass is 16.5. The Bertz CT molecular complexity index is 1070. The molecule has 1 saturated heterocycles. The average molecular weight is 451 g/mol. The second kappa shape index (κ2) is 8.80. The van der Waals surface area contributed by atoms with Crippen molar-refractivity contribution in [2.24, 2.45) is 17.8 Å². The number of aliphatic hydroxyl groups excluding tert-OH is 1. The summed E-state index contributed by atoms with van der Waals surface area (Å²) >= 11 is 0. The quantitative estimate of drug-likeness (QED) is 0.535. The van der Waals surface area contributed by atoms with Crippen LogP contribution in [0.2, 0.25) is 0 Å². The predicted octanol–water partition coefficient (Wildman–Crippen LogP) is 2.37. The van der Waals surface area contributed by atoms with Crippen LogP contribution in [0.25, 0.3) is 0 Å². The van der Waals surface area contributed by atoms with Crippen LogP contribution >= 0.6 is 0 Å². The monoisotopic (exact) mass is 450 g/mol. The highest BCUT2D eigenvalue weighted by molar-refractivity contribution is 6.03. The highest BCUT2D eigenvalue weighted by Gasteiger charge is 2.53. The lowest BCUT2D eigenvalue weighted by molar-refractivity contribution is 0.0958. The maximum atomic E-state index is 13.2. The number of amides is 1. The van der Waals surface area contributed by atoms with Crippen molar-refractivity contribution in [2.75, 3.05) is 33.4 Å². The number of hydrogen-bond acceptors (Lipinski definition) is 6. The Morgan fingerprint density at radius 3 is 2.73 bits per heavy atom. The SMILES string of the molecule is CNC(=O)c1cc(C(=O)CC2[C@H]3CNC[C@@H]23)cc2c1O[C@H](C)[C@H]2c1cccc(OCCO)c1. The molecular weight excluding hydrogens is 420 g/mol. The molecule has 5 rings (SSSR count). The Kier molecular flexibility index (Phi) is 5.85.